The van der Waals surface area contributed by atoms with Crippen molar-refractivity contribution in [1.82, 2.24) is 19.9 Å². The highest BCUT2D eigenvalue weighted by atomic mass is 16.1. The van der Waals surface area contributed by atoms with E-state index in [1.165, 1.54) is 0 Å². The van der Waals surface area contributed by atoms with Gasteiger partial charge in [0.05, 0.1) is 12.0 Å². The van der Waals surface area contributed by atoms with Crippen molar-refractivity contribution in [2.75, 3.05) is 0 Å². The average Bonchev–Trinajstić information content (AvgIpc) is 3.01. The number of hydrogen-bond acceptors (Lipinski definition) is 3. The molecule has 0 spiro atoms. The van der Waals surface area contributed by atoms with Crippen molar-refractivity contribution in [2.24, 2.45) is 0 Å². The summed E-state index contributed by atoms with van der Waals surface area (Å²) in [5.41, 5.74) is 2.71. The lowest BCUT2D eigenvalue weighted by Crippen LogP contribution is -2.32. The van der Waals surface area contributed by atoms with Crippen LogP contribution in [0.1, 0.15) is 57.1 Å². The van der Waals surface area contributed by atoms with Crippen LogP contribution in [0.5, 0.6) is 0 Å². The zero-order valence-electron chi connectivity index (χ0n) is 15.1. The molecular weight excluding hydrogens is 312 g/mol. The summed E-state index contributed by atoms with van der Waals surface area (Å²) in [6.07, 6.45) is 1.77. The first-order valence-corrected chi connectivity index (χ1v) is 8.67. The molecule has 0 fully saturated rings. The molecule has 0 saturated heterocycles. The van der Waals surface area contributed by atoms with E-state index in [0.29, 0.717) is 0 Å². The van der Waals surface area contributed by atoms with Crippen molar-refractivity contribution in [2.45, 2.75) is 45.7 Å². The van der Waals surface area contributed by atoms with Gasteiger partial charge in [-0.2, -0.15) is 0 Å². The van der Waals surface area contributed by atoms with Gasteiger partial charge < -0.3 is 9.88 Å². The lowest BCUT2D eigenvalue weighted by atomic mass is 10.0. The number of carbonyl (C=O) groups excluding carboxylic acids is 1. The Hall–Kier alpha value is -2.69. The Labute approximate surface area is 148 Å². The maximum Gasteiger partial charge on any atom is 0.227 e. The highest BCUT2D eigenvalue weighted by Crippen LogP contribution is 2.24. The number of aromatic nitrogens is 3. The maximum absolute atomic E-state index is 12.7. The van der Waals surface area contributed by atoms with E-state index in [9.17, 15) is 4.79 Å². The number of pyridine rings is 1. The highest BCUT2D eigenvalue weighted by Gasteiger charge is 2.23. The lowest BCUT2D eigenvalue weighted by Gasteiger charge is -2.20. The van der Waals surface area contributed by atoms with Gasteiger partial charge in [0.25, 0.3) is 0 Å². The fourth-order valence-corrected chi connectivity index (χ4v) is 3.06. The molecule has 0 aliphatic carbocycles. The Morgan fingerprint density at radius 3 is 2.44 bits per heavy atom. The summed E-state index contributed by atoms with van der Waals surface area (Å²) in [7, 11) is 0. The topological polar surface area (TPSA) is 59.8 Å². The Bertz CT molecular complexity index is 870. The molecule has 2 atom stereocenters. The van der Waals surface area contributed by atoms with Crippen LogP contribution in [0, 0.1) is 0 Å². The van der Waals surface area contributed by atoms with Gasteiger partial charge in [0, 0.05) is 12.2 Å². The van der Waals surface area contributed by atoms with E-state index in [4.69, 9.17) is 4.98 Å². The SMILES string of the molecule is CC(NC(=O)C(C)c1ccccc1)c1nc2cccnc2n1C(C)C. The molecule has 5 nitrogen and oxygen atoms in total. The van der Waals surface area contributed by atoms with Crippen LogP contribution < -0.4 is 5.32 Å². The van der Waals surface area contributed by atoms with Gasteiger partial charge in [-0.05, 0) is 45.4 Å². The van der Waals surface area contributed by atoms with Crippen LogP contribution in [-0.2, 0) is 4.79 Å². The van der Waals surface area contributed by atoms with Crippen molar-refractivity contribution in [1.29, 1.82) is 0 Å². The van der Waals surface area contributed by atoms with Crippen molar-refractivity contribution in [3.63, 3.8) is 0 Å². The lowest BCUT2D eigenvalue weighted by molar-refractivity contribution is -0.122. The second-order valence-corrected chi connectivity index (χ2v) is 6.64. The van der Waals surface area contributed by atoms with Crippen LogP contribution in [0.3, 0.4) is 0 Å². The van der Waals surface area contributed by atoms with Crippen molar-refractivity contribution < 1.29 is 4.79 Å². The minimum absolute atomic E-state index is 0.00554. The number of nitrogens with one attached hydrogen (secondary N) is 1. The second kappa shape index (κ2) is 7.05. The number of rotatable bonds is 5. The predicted molar refractivity (Wildman–Crippen MR) is 99.3 cm³/mol. The minimum Gasteiger partial charge on any atom is -0.346 e. The third kappa shape index (κ3) is 3.40. The van der Waals surface area contributed by atoms with Gasteiger partial charge in [-0.1, -0.05) is 30.3 Å². The molecule has 1 aromatic carbocycles. The zero-order chi connectivity index (χ0) is 18.0. The van der Waals surface area contributed by atoms with Crippen molar-refractivity contribution in [3.8, 4) is 0 Å². The van der Waals surface area contributed by atoms with E-state index < -0.39 is 0 Å². The van der Waals surface area contributed by atoms with Crippen molar-refractivity contribution in [3.05, 3.63) is 60.0 Å². The van der Waals surface area contributed by atoms with Gasteiger partial charge in [-0.25, -0.2) is 9.97 Å². The Morgan fingerprint density at radius 1 is 1.04 bits per heavy atom. The van der Waals surface area contributed by atoms with E-state index in [1.54, 1.807) is 6.20 Å². The summed E-state index contributed by atoms with van der Waals surface area (Å²) in [6.45, 7) is 8.08. The van der Waals surface area contributed by atoms with Crippen LogP contribution in [0.25, 0.3) is 11.2 Å². The number of amides is 1. The monoisotopic (exact) mass is 336 g/mol. The molecule has 25 heavy (non-hydrogen) atoms. The Kier molecular flexibility index (Phi) is 4.83. The van der Waals surface area contributed by atoms with E-state index >= 15 is 0 Å². The van der Waals surface area contributed by atoms with Gasteiger partial charge in [-0.3, -0.25) is 4.79 Å². The molecule has 0 radical (unpaired) electrons. The minimum atomic E-state index is -0.210. The molecule has 0 aliphatic heterocycles. The predicted octanol–water partition coefficient (Wildman–Crippen LogP) is 3.99. The fourth-order valence-electron chi connectivity index (χ4n) is 3.06. The molecule has 1 N–H and O–H groups in total. The molecule has 2 heterocycles. The summed E-state index contributed by atoms with van der Waals surface area (Å²) < 4.78 is 2.09. The van der Waals surface area contributed by atoms with Crippen LogP contribution in [0.2, 0.25) is 0 Å². The van der Waals surface area contributed by atoms with Crippen LogP contribution in [0.4, 0.5) is 0 Å². The molecule has 0 aliphatic rings. The maximum atomic E-state index is 12.7. The smallest absolute Gasteiger partial charge is 0.227 e. The summed E-state index contributed by atoms with van der Waals surface area (Å²) in [6, 6.07) is 13.6. The number of hydrogen-bond donors (Lipinski definition) is 1. The molecule has 3 rings (SSSR count). The summed E-state index contributed by atoms with van der Waals surface area (Å²) in [4.78, 5) is 21.8. The number of imidazole rings is 1. The van der Waals surface area contributed by atoms with Gasteiger partial charge in [0.2, 0.25) is 5.91 Å². The molecule has 2 unspecified atom stereocenters. The molecule has 0 bridgehead atoms. The quantitative estimate of drug-likeness (QED) is 0.766. The molecule has 5 heteroatoms. The number of benzene rings is 1. The van der Waals surface area contributed by atoms with E-state index in [1.807, 2.05) is 56.3 Å². The second-order valence-electron chi connectivity index (χ2n) is 6.64. The highest BCUT2D eigenvalue weighted by molar-refractivity contribution is 5.83. The third-order valence-electron chi connectivity index (χ3n) is 4.43. The number of carbonyl (C=O) groups is 1. The molecule has 0 saturated carbocycles. The molecule has 1 amide bonds. The first-order valence-electron chi connectivity index (χ1n) is 8.67. The van der Waals surface area contributed by atoms with Gasteiger partial charge >= 0.3 is 0 Å². The van der Waals surface area contributed by atoms with Crippen molar-refractivity contribution >= 4 is 17.1 Å². The van der Waals surface area contributed by atoms with Crippen LogP contribution >= 0.6 is 0 Å². The standard InChI is InChI=1S/C20H24N4O/c1-13(2)24-18(23-17-11-8-12-21-19(17)24)15(4)22-20(25)14(3)16-9-6-5-7-10-16/h5-15H,1-4H3,(H,22,25). The Morgan fingerprint density at radius 2 is 1.76 bits per heavy atom. The van der Waals surface area contributed by atoms with E-state index in [2.05, 4.69) is 28.7 Å². The first kappa shape index (κ1) is 17.1. The van der Waals surface area contributed by atoms with E-state index in [-0.39, 0.29) is 23.9 Å². The van der Waals surface area contributed by atoms with Gasteiger partial charge in [0.15, 0.2) is 5.65 Å². The summed E-state index contributed by atoms with van der Waals surface area (Å²) in [5, 5.41) is 3.10. The van der Waals surface area contributed by atoms with Crippen LogP contribution in [0.15, 0.2) is 48.7 Å². The molecule has 130 valence electrons. The molecule has 3 aromatic rings. The van der Waals surface area contributed by atoms with Gasteiger partial charge in [-0.15, -0.1) is 0 Å². The van der Waals surface area contributed by atoms with Gasteiger partial charge in [0.1, 0.15) is 11.3 Å². The Balaban J connectivity index is 1.86. The van der Waals surface area contributed by atoms with E-state index in [0.717, 1.165) is 22.6 Å². The summed E-state index contributed by atoms with van der Waals surface area (Å²) in [5.74, 6) is 0.616. The number of fused-ring (bicyclic) bond motifs is 1. The van der Waals surface area contributed by atoms with Crippen LogP contribution in [-0.4, -0.2) is 20.4 Å². The largest absolute Gasteiger partial charge is 0.346 e. The average molecular weight is 336 g/mol. The fraction of sp³-hybridized carbons (Fsp3) is 0.350. The molecular formula is C20H24N4O. The molecule has 2 aromatic heterocycles. The first-order chi connectivity index (χ1) is 12.0. The third-order valence-corrected chi connectivity index (χ3v) is 4.43. The zero-order valence-corrected chi connectivity index (χ0v) is 15.1. The summed E-state index contributed by atoms with van der Waals surface area (Å²) >= 11 is 0. The number of nitrogens with zero attached hydrogens (tertiary/aromatic N) is 3. The normalized spacial score (nSPS) is 13.8.